The van der Waals surface area contributed by atoms with Crippen LogP contribution in [0.5, 0.6) is 0 Å². The number of sulfonamides is 1. The van der Waals surface area contributed by atoms with E-state index in [1.54, 1.807) is 0 Å². The van der Waals surface area contributed by atoms with Crippen molar-refractivity contribution in [2.75, 3.05) is 14.1 Å². The predicted molar refractivity (Wildman–Crippen MR) is 89.9 cm³/mol. The average molecular weight is 386 g/mol. The Morgan fingerprint density at radius 3 is 2.19 bits per heavy atom. The molecule has 0 aliphatic rings. The van der Waals surface area contributed by atoms with Crippen LogP contribution in [0.1, 0.15) is 21.5 Å². The molecule has 1 amide bonds. The number of rotatable bonds is 5. The summed E-state index contributed by atoms with van der Waals surface area (Å²) in [6, 6.07) is 10.2. The second kappa shape index (κ2) is 7.46. The maximum Gasteiger partial charge on any atom is 0.416 e. The summed E-state index contributed by atoms with van der Waals surface area (Å²) in [5.41, 5.74) is -0.646. The molecule has 0 heterocycles. The molecule has 0 radical (unpaired) electrons. The van der Waals surface area contributed by atoms with Gasteiger partial charge in [0.05, 0.1) is 10.5 Å². The van der Waals surface area contributed by atoms with Crippen LogP contribution in [-0.4, -0.2) is 33.3 Å². The average Bonchev–Trinajstić information content (AvgIpc) is 2.60. The van der Waals surface area contributed by atoms with Gasteiger partial charge in [0.2, 0.25) is 10.0 Å². The Labute approximate surface area is 149 Å². The van der Waals surface area contributed by atoms with Crippen molar-refractivity contribution in [2.45, 2.75) is 17.6 Å². The first kappa shape index (κ1) is 19.9. The van der Waals surface area contributed by atoms with Crippen LogP contribution < -0.4 is 4.72 Å². The van der Waals surface area contributed by atoms with E-state index in [2.05, 4.69) is 4.72 Å². The molecule has 0 aromatic heterocycles. The van der Waals surface area contributed by atoms with Crippen LogP contribution >= 0.6 is 0 Å². The molecule has 0 saturated heterocycles. The van der Waals surface area contributed by atoms with Gasteiger partial charge in [-0.05, 0) is 42.9 Å². The Morgan fingerprint density at radius 1 is 1.08 bits per heavy atom. The number of benzene rings is 2. The molecule has 0 unspecified atom stereocenters. The molecule has 2 rings (SSSR count). The van der Waals surface area contributed by atoms with Crippen LogP contribution in [0.3, 0.4) is 0 Å². The Hall–Kier alpha value is -2.39. The maximum absolute atomic E-state index is 13.0. The smallest absolute Gasteiger partial charge is 0.337 e. The zero-order chi connectivity index (χ0) is 19.5. The largest absolute Gasteiger partial charge is 0.416 e. The van der Waals surface area contributed by atoms with E-state index < -0.39 is 27.7 Å². The first-order valence-corrected chi connectivity index (χ1v) is 8.99. The summed E-state index contributed by atoms with van der Waals surface area (Å²) < 4.78 is 64.6. The number of hydrogen-bond donors (Lipinski definition) is 1. The lowest BCUT2D eigenvalue weighted by atomic mass is 10.1. The van der Waals surface area contributed by atoms with Crippen molar-refractivity contribution >= 4 is 15.9 Å². The fourth-order valence-corrected chi connectivity index (χ4v) is 3.11. The van der Waals surface area contributed by atoms with Gasteiger partial charge in [-0.15, -0.1) is 0 Å². The van der Waals surface area contributed by atoms with Crippen LogP contribution in [0, 0.1) is 0 Å². The summed E-state index contributed by atoms with van der Waals surface area (Å²) >= 11 is 0. The monoisotopic (exact) mass is 386 g/mol. The van der Waals surface area contributed by atoms with Crippen molar-refractivity contribution < 1.29 is 26.4 Å². The van der Waals surface area contributed by atoms with Gasteiger partial charge in [0, 0.05) is 19.2 Å². The minimum absolute atomic E-state index is 0.0124. The highest BCUT2D eigenvalue weighted by molar-refractivity contribution is 7.89. The Bertz CT molecular complexity index is 894. The molecule has 0 fully saturated rings. The molecule has 0 spiro atoms. The zero-order valence-electron chi connectivity index (χ0n) is 14.0. The Kier molecular flexibility index (Phi) is 5.72. The number of carbonyl (C=O) groups excluding carboxylic acids is 1. The second-order valence-electron chi connectivity index (χ2n) is 5.55. The van der Waals surface area contributed by atoms with Crippen molar-refractivity contribution in [2.24, 2.45) is 0 Å². The quantitative estimate of drug-likeness (QED) is 0.859. The third kappa shape index (κ3) is 4.41. The number of halogens is 3. The molecule has 0 saturated carbocycles. The van der Waals surface area contributed by atoms with E-state index in [1.165, 1.54) is 56.6 Å². The lowest BCUT2D eigenvalue weighted by Crippen LogP contribution is -2.27. The van der Waals surface area contributed by atoms with Crippen LogP contribution in [-0.2, 0) is 22.7 Å². The maximum atomic E-state index is 13.0. The van der Waals surface area contributed by atoms with Crippen molar-refractivity contribution in [3.63, 3.8) is 0 Å². The minimum atomic E-state index is -4.51. The standard InChI is InChI=1S/C17H17F3N2O3S/c1-21-26(24,25)14-9-7-12(8-10-14)16(23)22(2)11-13-5-3-4-6-15(13)17(18,19)20/h3-10,21H,11H2,1-2H3. The second-order valence-corrected chi connectivity index (χ2v) is 7.43. The van der Waals surface area contributed by atoms with E-state index in [0.29, 0.717) is 0 Å². The fraction of sp³-hybridized carbons (Fsp3) is 0.235. The number of alkyl halides is 3. The van der Waals surface area contributed by atoms with Gasteiger partial charge >= 0.3 is 6.18 Å². The van der Waals surface area contributed by atoms with Crippen molar-refractivity contribution in [1.82, 2.24) is 9.62 Å². The van der Waals surface area contributed by atoms with Gasteiger partial charge in [-0.1, -0.05) is 18.2 Å². The van der Waals surface area contributed by atoms with Gasteiger partial charge in [-0.3, -0.25) is 4.79 Å². The van der Waals surface area contributed by atoms with E-state index in [9.17, 15) is 26.4 Å². The highest BCUT2D eigenvalue weighted by atomic mass is 32.2. The van der Waals surface area contributed by atoms with Gasteiger partial charge in [0.15, 0.2) is 0 Å². The van der Waals surface area contributed by atoms with Gasteiger partial charge in [-0.2, -0.15) is 13.2 Å². The van der Waals surface area contributed by atoms with E-state index in [4.69, 9.17) is 0 Å². The van der Waals surface area contributed by atoms with Gasteiger partial charge in [-0.25, -0.2) is 13.1 Å². The Balaban J connectivity index is 2.21. The van der Waals surface area contributed by atoms with E-state index >= 15 is 0 Å². The van der Waals surface area contributed by atoms with E-state index in [1.807, 2.05) is 0 Å². The number of hydrogen-bond acceptors (Lipinski definition) is 3. The minimum Gasteiger partial charge on any atom is -0.337 e. The molecular weight excluding hydrogens is 369 g/mol. The predicted octanol–water partition coefficient (Wildman–Crippen LogP) is 2.89. The van der Waals surface area contributed by atoms with Gasteiger partial charge < -0.3 is 4.90 Å². The highest BCUT2D eigenvalue weighted by Gasteiger charge is 2.33. The molecule has 0 bridgehead atoms. The third-order valence-electron chi connectivity index (χ3n) is 3.76. The van der Waals surface area contributed by atoms with Crippen molar-refractivity contribution in [1.29, 1.82) is 0 Å². The van der Waals surface area contributed by atoms with Gasteiger partial charge in [0.1, 0.15) is 0 Å². The molecule has 1 N–H and O–H groups in total. The summed E-state index contributed by atoms with van der Waals surface area (Å²) in [6.07, 6.45) is -4.51. The number of carbonyl (C=O) groups is 1. The SMILES string of the molecule is CNS(=O)(=O)c1ccc(C(=O)N(C)Cc2ccccc2C(F)(F)F)cc1. The molecule has 0 aliphatic heterocycles. The van der Waals surface area contributed by atoms with E-state index in [0.717, 1.165) is 11.0 Å². The lowest BCUT2D eigenvalue weighted by molar-refractivity contribution is -0.138. The molecule has 9 heteroatoms. The topological polar surface area (TPSA) is 66.5 Å². The first-order valence-electron chi connectivity index (χ1n) is 7.50. The first-order chi connectivity index (χ1) is 12.1. The molecule has 2 aromatic rings. The number of nitrogens with zero attached hydrogens (tertiary/aromatic N) is 1. The van der Waals surface area contributed by atoms with Crippen LogP contribution in [0.15, 0.2) is 53.4 Å². The summed E-state index contributed by atoms with van der Waals surface area (Å²) in [4.78, 5) is 13.6. The molecule has 0 atom stereocenters. The molecule has 5 nitrogen and oxygen atoms in total. The molecule has 26 heavy (non-hydrogen) atoms. The van der Waals surface area contributed by atoms with Gasteiger partial charge in [0.25, 0.3) is 5.91 Å². The normalized spacial score (nSPS) is 12.0. The summed E-state index contributed by atoms with van der Waals surface area (Å²) in [6.45, 7) is -0.231. The molecule has 2 aromatic carbocycles. The summed E-state index contributed by atoms with van der Waals surface area (Å²) in [7, 11) is -0.985. The van der Waals surface area contributed by atoms with Crippen molar-refractivity contribution in [3.05, 3.63) is 65.2 Å². The van der Waals surface area contributed by atoms with Crippen LogP contribution in [0.4, 0.5) is 13.2 Å². The molecule has 0 aliphatic carbocycles. The number of amides is 1. The van der Waals surface area contributed by atoms with Crippen LogP contribution in [0.25, 0.3) is 0 Å². The summed E-state index contributed by atoms with van der Waals surface area (Å²) in [5, 5.41) is 0. The highest BCUT2D eigenvalue weighted by Crippen LogP contribution is 2.32. The van der Waals surface area contributed by atoms with Crippen LogP contribution in [0.2, 0.25) is 0 Å². The number of nitrogens with one attached hydrogen (secondary N) is 1. The third-order valence-corrected chi connectivity index (χ3v) is 5.19. The molecule has 140 valence electrons. The molecular formula is C17H17F3N2O3S. The van der Waals surface area contributed by atoms with Crippen molar-refractivity contribution in [3.8, 4) is 0 Å². The zero-order valence-corrected chi connectivity index (χ0v) is 14.9. The summed E-state index contributed by atoms with van der Waals surface area (Å²) in [5.74, 6) is -0.518. The van der Waals surface area contributed by atoms with E-state index in [-0.39, 0.29) is 22.6 Å². The Morgan fingerprint density at radius 2 is 1.65 bits per heavy atom. The lowest BCUT2D eigenvalue weighted by Gasteiger charge is -2.20. The fourth-order valence-electron chi connectivity index (χ4n) is 2.38.